The maximum atomic E-state index is 13.7. The number of halogens is 1. The highest BCUT2D eigenvalue weighted by atomic mass is 19.1. The molecule has 1 aliphatic heterocycles. The van der Waals surface area contributed by atoms with Crippen LogP contribution in [-0.4, -0.2) is 25.0 Å². The van der Waals surface area contributed by atoms with E-state index in [2.05, 4.69) is 0 Å². The lowest BCUT2D eigenvalue weighted by atomic mass is 9.99. The second kappa shape index (κ2) is 4.72. The third-order valence-corrected chi connectivity index (χ3v) is 2.80. The zero-order chi connectivity index (χ0) is 13.3. The van der Waals surface area contributed by atoms with Gasteiger partial charge in [-0.2, -0.15) is 0 Å². The van der Waals surface area contributed by atoms with Crippen molar-refractivity contribution in [3.63, 3.8) is 0 Å². The van der Waals surface area contributed by atoms with Crippen molar-refractivity contribution in [2.75, 3.05) is 13.9 Å². The lowest BCUT2D eigenvalue weighted by molar-refractivity contribution is -0.141. The molecule has 1 heterocycles. The Balaban J connectivity index is 2.46. The van der Waals surface area contributed by atoms with Crippen LogP contribution >= 0.6 is 0 Å². The van der Waals surface area contributed by atoms with E-state index in [1.54, 1.807) is 0 Å². The van der Waals surface area contributed by atoms with Gasteiger partial charge in [0.25, 0.3) is 0 Å². The van der Waals surface area contributed by atoms with E-state index in [4.69, 9.17) is 19.3 Å². The molecule has 0 spiro atoms. The fourth-order valence-electron chi connectivity index (χ4n) is 1.86. The topological polar surface area (TPSA) is 65.0 Å². The Hall–Kier alpha value is -1.98. The van der Waals surface area contributed by atoms with E-state index in [1.807, 2.05) is 0 Å². The molecule has 1 aromatic rings. The molecule has 5 nitrogen and oxygen atoms in total. The fourth-order valence-corrected chi connectivity index (χ4v) is 1.86. The monoisotopic (exact) mass is 256 g/mol. The van der Waals surface area contributed by atoms with Crippen LogP contribution in [0.5, 0.6) is 17.2 Å². The van der Waals surface area contributed by atoms with Crippen LogP contribution in [0.3, 0.4) is 0 Å². The summed E-state index contributed by atoms with van der Waals surface area (Å²) in [5.74, 6) is -1.58. The van der Waals surface area contributed by atoms with Crippen LogP contribution < -0.4 is 14.2 Å². The number of carboxylic acid groups (broad SMARTS) is 1. The highest BCUT2D eigenvalue weighted by Gasteiger charge is 2.27. The van der Waals surface area contributed by atoms with Crippen LogP contribution in [0.15, 0.2) is 6.07 Å². The van der Waals surface area contributed by atoms with Crippen molar-refractivity contribution in [3.8, 4) is 17.2 Å². The predicted octanol–water partition coefficient (Wildman–Crippen LogP) is 1.83. The Morgan fingerprint density at radius 1 is 1.61 bits per heavy atom. The summed E-state index contributed by atoms with van der Waals surface area (Å²) in [7, 11) is 1.33. The van der Waals surface area contributed by atoms with Gasteiger partial charge in [0.2, 0.25) is 6.79 Å². The summed E-state index contributed by atoms with van der Waals surface area (Å²) in [5.41, 5.74) is 0.389. The molecule has 0 fully saturated rings. The van der Waals surface area contributed by atoms with Crippen LogP contribution in [0.4, 0.5) is 4.39 Å². The molecule has 1 aliphatic rings. The second-order valence-electron chi connectivity index (χ2n) is 4.05. The number of carbonyl (C=O) groups is 1. The minimum Gasteiger partial charge on any atom is -0.493 e. The average Bonchev–Trinajstić information content (AvgIpc) is 2.76. The summed E-state index contributed by atoms with van der Waals surface area (Å²) in [6.45, 7) is 1.53. The molecule has 98 valence electrons. The third-order valence-electron chi connectivity index (χ3n) is 2.80. The van der Waals surface area contributed by atoms with Gasteiger partial charge in [-0.05, 0) is 6.42 Å². The van der Waals surface area contributed by atoms with Crippen LogP contribution in [-0.2, 0) is 11.2 Å². The highest BCUT2D eigenvalue weighted by molar-refractivity contribution is 5.71. The standard InChI is InChI=1S/C12H13FO5/c1-6(12(14)15)3-7-10(16-2)8(13)4-9-11(7)18-5-17-9/h4,6H,3,5H2,1-2H3,(H,14,15). The van der Waals surface area contributed by atoms with Crippen molar-refractivity contribution in [1.82, 2.24) is 0 Å². The molecular formula is C12H13FO5. The number of hydrogen-bond acceptors (Lipinski definition) is 4. The van der Waals surface area contributed by atoms with Gasteiger partial charge in [0.05, 0.1) is 13.0 Å². The molecule has 0 saturated heterocycles. The van der Waals surface area contributed by atoms with Crippen molar-refractivity contribution in [2.24, 2.45) is 5.92 Å². The van der Waals surface area contributed by atoms with Gasteiger partial charge in [-0.15, -0.1) is 0 Å². The molecule has 0 aromatic heterocycles. The Labute approximate surface area is 103 Å². The molecule has 0 saturated carbocycles. The van der Waals surface area contributed by atoms with Crippen LogP contribution in [0.25, 0.3) is 0 Å². The number of hydrogen-bond donors (Lipinski definition) is 1. The molecule has 1 unspecified atom stereocenters. The second-order valence-corrected chi connectivity index (χ2v) is 4.05. The maximum absolute atomic E-state index is 13.7. The van der Waals surface area contributed by atoms with Crippen molar-refractivity contribution < 1.29 is 28.5 Å². The first-order chi connectivity index (χ1) is 8.54. The number of rotatable bonds is 4. The number of benzene rings is 1. The van der Waals surface area contributed by atoms with Crippen LogP contribution in [0, 0.1) is 11.7 Å². The van der Waals surface area contributed by atoms with Crippen molar-refractivity contribution >= 4 is 5.97 Å². The van der Waals surface area contributed by atoms with Gasteiger partial charge in [0.15, 0.2) is 23.1 Å². The van der Waals surface area contributed by atoms with Gasteiger partial charge >= 0.3 is 5.97 Å². The lowest BCUT2D eigenvalue weighted by Crippen LogP contribution is -2.13. The quantitative estimate of drug-likeness (QED) is 0.890. The first-order valence-corrected chi connectivity index (χ1v) is 5.42. The predicted molar refractivity (Wildman–Crippen MR) is 59.6 cm³/mol. The van der Waals surface area contributed by atoms with Crippen LogP contribution in [0.1, 0.15) is 12.5 Å². The Morgan fingerprint density at radius 2 is 2.33 bits per heavy atom. The number of fused-ring (bicyclic) bond motifs is 1. The Kier molecular flexibility index (Phi) is 3.27. The van der Waals surface area contributed by atoms with Gasteiger partial charge in [-0.3, -0.25) is 4.79 Å². The van der Waals surface area contributed by atoms with Gasteiger partial charge in [-0.25, -0.2) is 4.39 Å². The smallest absolute Gasteiger partial charge is 0.306 e. The normalized spacial score (nSPS) is 14.4. The average molecular weight is 256 g/mol. The molecule has 2 rings (SSSR count). The van der Waals surface area contributed by atoms with E-state index < -0.39 is 17.7 Å². The number of carboxylic acids is 1. The lowest BCUT2D eigenvalue weighted by Gasteiger charge is -2.14. The number of aliphatic carboxylic acids is 1. The molecule has 1 aromatic carbocycles. The molecule has 1 N–H and O–H groups in total. The summed E-state index contributed by atoms with van der Waals surface area (Å²) >= 11 is 0. The van der Waals surface area contributed by atoms with Crippen molar-refractivity contribution in [2.45, 2.75) is 13.3 Å². The zero-order valence-electron chi connectivity index (χ0n) is 10.0. The first-order valence-electron chi connectivity index (χ1n) is 5.42. The molecule has 0 amide bonds. The first kappa shape index (κ1) is 12.5. The van der Waals surface area contributed by atoms with Gasteiger partial charge in [0.1, 0.15) is 0 Å². The van der Waals surface area contributed by atoms with E-state index in [1.165, 1.54) is 20.1 Å². The highest BCUT2D eigenvalue weighted by Crippen LogP contribution is 2.43. The minimum absolute atomic E-state index is 0.00358. The largest absolute Gasteiger partial charge is 0.493 e. The van der Waals surface area contributed by atoms with E-state index in [0.29, 0.717) is 11.3 Å². The molecule has 6 heteroatoms. The van der Waals surface area contributed by atoms with E-state index in [-0.39, 0.29) is 24.7 Å². The molecule has 0 bridgehead atoms. The summed E-state index contributed by atoms with van der Waals surface area (Å²) in [6.07, 6.45) is 0.113. The van der Waals surface area contributed by atoms with E-state index in [9.17, 15) is 9.18 Å². The van der Waals surface area contributed by atoms with E-state index >= 15 is 0 Å². The molecule has 18 heavy (non-hydrogen) atoms. The fraction of sp³-hybridized carbons (Fsp3) is 0.417. The number of ether oxygens (including phenoxy) is 3. The third kappa shape index (κ3) is 2.05. The van der Waals surface area contributed by atoms with Crippen LogP contribution in [0.2, 0.25) is 0 Å². The number of methoxy groups -OCH3 is 1. The SMILES string of the molecule is COc1c(F)cc2c(c1CC(C)C(=O)O)OCO2. The molecule has 0 aliphatic carbocycles. The molecular weight excluding hydrogens is 243 g/mol. The molecule has 1 atom stereocenters. The maximum Gasteiger partial charge on any atom is 0.306 e. The molecule has 0 radical (unpaired) electrons. The zero-order valence-corrected chi connectivity index (χ0v) is 10.0. The van der Waals surface area contributed by atoms with Crippen molar-refractivity contribution in [1.29, 1.82) is 0 Å². The summed E-state index contributed by atoms with van der Waals surface area (Å²) in [6, 6.07) is 1.18. The summed E-state index contributed by atoms with van der Waals surface area (Å²) < 4.78 is 29.1. The van der Waals surface area contributed by atoms with E-state index in [0.717, 1.165) is 0 Å². The van der Waals surface area contributed by atoms with Gasteiger partial charge in [0, 0.05) is 11.6 Å². The Morgan fingerprint density at radius 3 is 2.94 bits per heavy atom. The minimum atomic E-state index is -0.964. The summed E-state index contributed by atoms with van der Waals surface area (Å²) in [5, 5.41) is 8.92. The van der Waals surface area contributed by atoms with Gasteiger partial charge < -0.3 is 19.3 Å². The van der Waals surface area contributed by atoms with Gasteiger partial charge in [-0.1, -0.05) is 6.92 Å². The van der Waals surface area contributed by atoms with Crippen molar-refractivity contribution in [3.05, 3.63) is 17.4 Å². The summed E-state index contributed by atoms with van der Waals surface area (Å²) in [4.78, 5) is 10.9. The Bertz CT molecular complexity index is 482.